The lowest BCUT2D eigenvalue weighted by Crippen LogP contribution is -2.43. The number of benzene rings is 1. The monoisotopic (exact) mass is 331 g/mol. The Hall–Kier alpha value is -0.580. The van der Waals surface area contributed by atoms with Crippen molar-refractivity contribution in [2.24, 2.45) is 5.41 Å². The Labute approximate surface area is 134 Å². The van der Waals surface area contributed by atoms with Crippen LogP contribution in [0, 0.1) is 5.41 Å². The maximum atomic E-state index is 12.5. The van der Waals surface area contributed by atoms with Crippen LogP contribution in [0.2, 0.25) is 0 Å². The van der Waals surface area contributed by atoms with Crippen molar-refractivity contribution in [1.82, 2.24) is 4.72 Å². The van der Waals surface area contributed by atoms with Gasteiger partial charge in [-0.25, -0.2) is 13.1 Å². The Morgan fingerprint density at radius 2 is 1.76 bits per heavy atom. The van der Waals surface area contributed by atoms with Crippen LogP contribution in [0.3, 0.4) is 0 Å². The van der Waals surface area contributed by atoms with E-state index < -0.39 is 10.0 Å². The van der Waals surface area contributed by atoms with Gasteiger partial charge in [0.15, 0.2) is 0 Å². The molecule has 0 amide bonds. The van der Waals surface area contributed by atoms with Gasteiger partial charge in [0.1, 0.15) is 0 Å². The van der Waals surface area contributed by atoms with Gasteiger partial charge in [0, 0.05) is 11.9 Å². The first-order chi connectivity index (χ1) is 9.70. The fraction of sp³-hybridized carbons (Fsp3) is 0.625. The molecule has 21 heavy (non-hydrogen) atoms. The van der Waals surface area contributed by atoms with Crippen LogP contribution in [0.4, 0.5) is 0 Å². The van der Waals surface area contributed by atoms with Crippen molar-refractivity contribution >= 4 is 21.6 Å². The molecule has 1 aromatic rings. The Bertz CT molecular complexity index is 532. The molecule has 0 radical (unpaired) electrons. The molecule has 0 spiro atoms. The van der Waals surface area contributed by atoms with Crippen molar-refractivity contribution < 1.29 is 8.42 Å². The van der Waals surface area contributed by atoms with Crippen LogP contribution < -0.4 is 4.72 Å². The zero-order valence-electron chi connectivity index (χ0n) is 13.3. The van der Waals surface area contributed by atoms with Gasteiger partial charge in [0.05, 0.1) is 4.90 Å². The zero-order valence-corrected chi connectivity index (χ0v) is 14.9. The Morgan fingerprint density at radius 3 is 2.19 bits per heavy atom. The fourth-order valence-electron chi connectivity index (χ4n) is 2.16. The van der Waals surface area contributed by atoms with E-state index >= 15 is 0 Å². The predicted molar refractivity (Wildman–Crippen MR) is 89.3 cm³/mol. The lowest BCUT2D eigenvalue weighted by atomic mass is 9.86. The van der Waals surface area contributed by atoms with Crippen molar-refractivity contribution in [3.63, 3.8) is 0 Å². The molecule has 1 aromatic carbocycles. The van der Waals surface area contributed by atoms with Crippen LogP contribution in [-0.2, 0) is 16.4 Å². The van der Waals surface area contributed by atoms with Gasteiger partial charge in [-0.05, 0) is 36.0 Å². The zero-order chi connectivity index (χ0) is 16.1. The first-order valence-electron chi connectivity index (χ1n) is 7.38. The summed E-state index contributed by atoms with van der Waals surface area (Å²) in [5.41, 5.74) is 0.981. The van der Waals surface area contributed by atoms with Gasteiger partial charge in [-0.1, -0.05) is 46.2 Å². The highest BCUT2D eigenvalue weighted by molar-refractivity contribution is 7.89. The molecule has 5 heteroatoms. The van der Waals surface area contributed by atoms with E-state index in [-0.39, 0.29) is 11.5 Å². The van der Waals surface area contributed by atoms with Crippen LogP contribution in [-0.4, -0.2) is 20.3 Å². The average Bonchev–Trinajstić information content (AvgIpc) is 2.38. The van der Waals surface area contributed by atoms with E-state index in [0.717, 1.165) is 18.4 Å². The summed E-state index contributed by atoms with van der Waals surface area (Å²) in [7, 11) is -3.51. The normalized spacial score (nSPS) is 14.1. The fourth-order valence-corrected chi connectivity index (χ4v) is 3.85. The summed E-state index contributed by atoms with van der Waals surface area (Å²) in [4.78, 5) is 0.311. The van der Waals surface area contributed by atoms with E-state index in [1.807, 2.05) is 32.9 Å². The smallest absolute Gasteiger partial charge is 0.208 e. The third-order valence-corrected chi connectivity index (χ3v) is 5.22. The lowest BCUT2D eigenvalue weighted by Gasteiger charge is -2.30. The standard InChI is InChI=1S/C16H26ClNO2S/c1-5-6-13-7-9-14(10-8-13)21(19,20)18-15(11-12-17)16(2,3)4/h7-10,15,18H,5-6,11-12H2,1-4H3. The van der Waals surface area contributed by atoms with Gasteiger partial charge in [0.2, 0.25) is 10.0 Å². The summed E-state index contributed by atoms with van der Waals surface area (Å²) in [5, 5.41) is 0. The van der Waals surface area contributed by atoms with Crippen molar-refractivity contribution in [3.8, 4) is 0 Å². The molecule has 120 valence electrons. The van der Waals surface area contributed by atoms with Crippen molar-refractivity contribution in [3.05, 3.63) is 29.8 Å². The Kier molecular flexibility index (Phi) is 6.70. The highest BCUT2D eigenvalue weighted by Crippen LogP contribution is 2.24. The van der Waals surface area contributed by atoms with Gasteiger partial charge in [-0.3, -0.25) is 0 Å². The summed E-state index contributed by atoms with van der Waals surface area (Å²) in [6.45, 7) is 8.14. The number of aryl methyl sites for hydroxylation is 1. The molecule has 0 aliphatic rings. The SMILES string of the molecule is CCCc1ccc(S(=O)(=O)NC(CCCl)C(C)(C)C)cc1. The topological polar surface area (TPSA) is 46.2 Å². The molecule has 1 unspecified atom stereocenters. The highest BCUT2D eigenvalue weighted by Gasteiger charge is 2.29. The van der Waals surface area contributed by atoms with Gasteiger partial charge in [-0.15, -0.1) is 11.6 Å². The molecule has 0 aliphatic heterocycles. The van der Waals surface area contributed by atoms with Gasteiger partial charge in [0.25, 0.3) is 0 Å². The van der Waals surface area contributed by atoms with Gasteiger partial charge in [-0.2, -0.15) is 0 Å². The second-order valence-electron chi connectivity index (χ2n) is 6.41. The molecule has 1 rings (SSSR count). The maximum Gasteiger partial charge on any atom is 0.240 e. The Balaban J connectivity index is 2.93. The number of alkyl halides is 1. The minimum Gasteiger partial charge on any atom is -0.208 e. The first-order valence-corrected chi connectivity index (χ1v) is 9.39. The summed E-state index contributed by atoms with van der Waals surface area (Å²) >= 11 is 5.80. The summed E-state index contributed by atoms with van der Waals surface area (Å²) in [6, 6.07) is 6.93. The minimum atomic E-state index is -3.51. The highest BCUT2D eigenvalue weighted by atomic mass is 35.5. The van der Waals surface area contributed by atoms with E-state index in [0.29, 0.717) is 17.2 Å². The number of halogens is 1. The van der Waals surface area contributed by atoms with Crippen molar-refractivity contribution in [1.29, 1.82) is 0 Å². The van der Waals surface area contributed by atoms with Gasteiger partial charge >= 0.3 is 0 Å². The third kappa shape index (κ3) is 5.61. The molecular formula is C16H26ClNO2S. The quantitative estimate of drug-likeness (QED) is 0.769. The second kappa shape index (κ2) is 7.61. The van der Waals surface area contributed by atoms with Gasteiger partial charge < -0.3 is 0 Å². The largest absolute Gasteiger partial charge is 0.240 e. The van der Waals surface area contributed by atoms with Crippen molar-refractivity contribution in [2.45, 2.75) is 57.9 Å². The van der Waals surface area contributed by atoms with E-state index in [4.69, 9.17) is 11.6 Å². The maximum absolute atomic E-state index is 12.5. The third-order valence-electron chi connectivity index (χ3n) is 3.51. The molecule has 0 saturated carbocycles. The minimum absolute atomic E-state index is 0.176. The predicted octanol–water partition coefficient (Wildman–Crippen LogP) is 3.96. The molecule has 0 aliphatic carbocycles. The molecule has 0 aromatic heterocycles. The van der Waals surface area contributed by atoms with Crippen LogP contribution in [0.25, 0.3) is 0 Å². The number of hydrogen-bond acceptors (Lipinski definition) is 2. The summed E-state index contributed by atoms with van der Waals surface area (Å²) in [5.74, 6) is 0.430. The number of rotatable bonds is 7. The molecule has 1 atom stereocenters. The second-order valence-corrected chi connectivity index (χ2v) is 8.50. The molecule has 0 fully saturated rings. The van der Waals surface area contributed by atoms with E-state index in [9.17, 15) is 8.42 Å². The number of nitrogens with one attached hydrogen (secondary N) is 1. The summed E-state index contributed by atoms with van der Waals surface area (Å²) < 4.78 is 27.7. The Morgan fingerprint density at radius 1 is 1.19 bits per heavy atom. The van der Waals surface area contributed by atoms with Crippen LogP contribution in [0.5, 0.6) is 0 Å². The lowest BCUT2D eigenvalue weighted by molar-refractivity contribution is 0.292. The van der Waals surface area contributed by atoms with Crippen LogP contribution >= 0.6 is 11.6 Å². The molecule has 0 saturated heterocycles. The molecule has 3 nitrogen and oxygen atoms in total. The van der Waals surface area contributed by atoms with E-state index in [1.165, 1.54) is 0 Å². The molecule has 1 N–H and O–H groups in total. The summed E-state index contributed by atoms with van der Waals surface area (Å²) in [6.07, 6.45) is 2.62. The van der Waals surface area contributed by atoms with E-state index in [1.54, 1.807) is 12.1 Å². The number of hydrogen-bond donors (Lipinski definition) is 1. The van der Waals surface area contributed by atoms with E-state index in [2.05, 4.69) is 11.6 Å². The molecule has 0 heterocycles. The van der Waals surface area contributed by atoms with Crippen molar-refractivity contribution in [2.75, 3.05) is 5.88 Å². The average molecular weight is 332 g/mol. The molecule has 0 bridgehead atoms. The molecular weight excluding hydrogens is 306 g/mol. The number of sulfonamides is 1. The first kappa shape index (κ1) is 18.5. The van der Waals surface area contributed by atoms with Crippen LogP contribution in [0.1, 0.15) is 46.1 Å². The van der Waals surface area contributed by atoms with Crippen LogP contribution in [0.15, 0.2) is 29.2 Å².